The summed E-state index contributed by atoms with van der Waals surface area (Å²) >= 11 is 3.37. The normalized spacial score (nSPS) is 18.6. The number of piperidine rings is 1. The van der Waals surface area contributed by atoms with Crippen molar-refractivity contribution in [2.45, 2.75) is 31.7 Å². The molecule has 2 saturated heterocycles. The molecular weight excluding hydrogens is 518 g/mol. The Morgan fingerprint density at radius 2 is 1.50 bits per heavy atom. The van der Waals surface area contributed by atoms with Crippen molar-refractivity contribution in [2.24, 2.45) is 5.92 Å². The number of amides is 1. The highest BCUT2D eigenvalue weighted by Crippen LogP contribution is 2.22. The maximum atomic E-state index is 12.8. The number of carbonyl (C=O) groups is 1. The van der Waals surface area contributed by atoms with Crippen LogP contribution in [0.2, 0.25) is 0 Å². The Morgan fingerprint density at radius 1 is 0.912 bits per heavy atom. The second kappa shape index (κ2) is 11.8. The van der Waals surface area contributed by atoms with E-state index in [0.717, 1.165) is 48.4 Å². The fraction of sp³-hybridized carbons (Fsp3) is 0.480. The minimum absolute atomic E-state index is 0.00218. The number of morpholine rings is 1. The molecule has 0 radical (unpaired) electrons. The number of carbonyl (C=O) groups excluding carboxylic acids is 1. The molecule has 0 unspecified atom stereocenters. The van der Waals surface area contributed by atoms with Crippen molar-refractivity contribution in [3.63, 3.8) is 0 Å². The zero-order chi connectivity index (χ0) is 24.0. The summed E-state index contributed by atoms with van der Waals surface area (Å²) in [6.45, 7) is 5.67. The number of hydrogen-bond acceptors (Lipinski definition) is 5. The molecule has 34 heavy (non-hydrogen) atoms. The molecule has 2 aliphatic heterocycles. The van der Waals surface area contributed by atoms with Gasteiger partial charge < -0.3 is 10.1 Å². The number of rotatable bonds is 8. The van der Waals surface area contributed by atoms with Crippen molar-refractivity contribution in [1.29, 1.82) is 0 Å². The number of halogens is 1. The van der Waals surface area contributed by atoms with E-state index >= 15 is 0 Å². The van der Waals surface area contributed by atoms with Crippen LogP contribution in [-0.4, -0.2) is 62.9 Å². The third kappa shape index (κ3) is 7.11. The van der Waals surface area contributed by atoms with Gasteiger partial charge in [-0.3, -0.25) is 9.69 Å². The summed E-state index contributed by atoms with van der Waals surface area (Å²) in [6, 6.07) is 15.7. The monoisotopic (exact) mass is 549 g/mol. The minimum Gasteiger partial charge on any atom is -0.379 e. The second-order valence-corrected chi connectivity index (χ2v) is 11.9. The molecule has 184 valence electrons. The highest BCUT2D eigenvalue weighted by Gasteiger charge is 2.31. The van der Waals surface area contributed by atoms with E-state index in [4.69, 9.17) is 4.74 Å². The van der Waals surface area contributed by atoms with Crippen molar-refractivity contribution < 1.29 is 17.9 Å². The highest BCUT2D eigenvalue weighted by atomic mass is 79.9. The van der Waals surface area contributed by atoms with Gasteiger partial charge in [-0.05, 0) is 41.7 Å². The molecule has 9 heteroatoms. The molecule has 2 aromatic rings. The summed E-state index contributed by atoms with van der Waals surface area (Å²) in [4.78, 5) is 15.1. The second-order valence-electron chi connectivity index (χ2n) is 8.98. The predicted molar refractivity (Wildman–Crippen MR) is 135 cm³/mol. The highest BCUT2D eigenvalue weighted by molar-refractivity contribution is 9.10. The molecule has 2 aromatic carbocycles. The van der Waals surface area contributed by atoms with Crippen molar-refractivity contribution in [3.05, 3.63) is 69.7 Å². The van der Waals surface area contributed by atoms with E-state index in [1.165, 1.54) is 9.87 Å². The van der Waals surface area contributed by atoms with Crippen LogP contribution in [0.1, 0.15) is 29.5 Å². The van der Waals surface area contributed by atoms with Gasteiger partial charge in [-0.15, -0.1) is 0 Å². The van der Waals surface area contributed by atoms with E-state index in [0.29, 0.717) is 32.5 Å². The Bertz CT molecular complexity index is 1050. The van der Waals surface area contributed by atoms with Gasteiger partial charge in [0, 0.05) is 49.7 Å². The fourth-order valence-electron chi connectivity index (χ4n) is 4.39. The van der Waals surface area contributed by atoms with Gasteiger partial charge in [0.2, 0.25) is 15.9 Å². The molecule has 0 atom stereocenters. The lowest BCUT2D eigenvalue weighted by molar-refractivity contribution is -0.126. The molecule has 2 fully saturated rings. The number of sulfonamides is 1. The Hall–Kier alpha value is -1.78. The quantitative estimate of drug-likeness (QED) is 0.547. The Labute approximate surface area is 210 Å². The average Bonchev–Trinajstić information content (AvgIpc) is 2.85. The lowest BCUT2D eigenvalue weighted by Gasteiger charge is -2.30. The lowest BCUT2D eigenvalue weighted by atomic mass is 9.97. The first-order valence-electron chi connectivity index (χ1n) is 11.8. The van der Waals surface area contributed by atoms with Crippen LogP contribution in [0.15, 0.2) is 53.0 Å². The first-order chi connectivity index (χ1) is 16.4. The van der Waals surface area contributed by atoms with E-state index in [-0.39, 0.29) is 17.6 Å². The zero-order valence-electron chi connectivity index (χ0n) is 19.3. The predicted octanol–water partition coefficient (Wildman–Crippen LogP) is 3.14. The summed E-state index contributed by atoms with van der Waals surface area (Å²) in [6.07, 6.45) is 1.09. The molecule has 7 nitrogen and oxygen atoms in total. The third-order valence-corrected chi connectivity index (χ3v) is 8.86. The first kappa shape index (κ1) is 25.3. The van der Waals surface area contributed by atoms with Gasteiger partial charge in [-0.2, -0.15) is 0 Å². The summed E-state index contributed by atoms with van der Waals surface area (Å²) in [5, 5.41) is 3.03. The number of ether oxygens (including phenoxy) is 1. The van der Waals surface area contributed by atoms with E-state index in [2.05, 4.69) is 50.4 Å². The molecule has 1 amide bonds. The van der Waals surface area contributed by atoms with E-state index in [1.807, 2.05) is 24.3 Å². The largest absolute Gasteiger partial charge is 0.379 e. The van der Waals surface area contributed by atoms with Crippen LogP contribution in [0.25, 0.3) is 0 Å². The minimum atomic E-state index is -3.39. The first-order valence-corrected chi connectivity index (χ1v) is 14.2. The SMILES string of the molecule is O=C(NCc1ccc(CN2CCOCC2)cc1)C1CCN(S(=O)(=O)Cc2ccc(Br)cc2)CC1. The molecule has 0 bridgehead atoms. The summed E-state index contributed by atoms with van der Waals surface area (Å²) in [5.41, 5.74) is 3.08. The van der Waals surface area contributed by atoms with Gasteiger partial charge in [-0.25, -0.2) is 12.7 Å². The van der Waals surface area contributed by atoms with Gasteiger partial charge in [0.1, 0.15) is 0 Å². The maximum Gasteiger partial charge on any atom is 0.223 e. The summed E-state index contributed by atoms with van der Waals surface area (Å²) < 4.78 is 33.4. The van der Waals surface area contributed by atoms with Crippen molar-refractivity contribution in [1.82, 2.24) is 14.5 Å². The number of benzene rings is 2. The average molecular weight is 551 g/mol. The van der Waals surface area contributed by atoms with Crippen LogP contribution >= 0.6 is 15.9 Å². The molecule has 0 aliphatic carbocycles. The van der Waals surface area contributed by atoms with Gasteiger partial charge in [0.25, 0.3) is 0 Å². The molecular formula is C25H32BrN3O4S. The Kier molecular flexibility index (Phi) is 8.76. The molecule has 4 rings (SSSR count). The van der Waals surface area contributed by atoms with Crippen molar-refractivity contribution >= 4 is 31.9 Å². The van der Waals surface area contributed by atoms with Gasteiger partial charge in [-0.1, -0.05) is 52.3 Å². The van der Waals surface area contributed by atoms with Crippen LogP contribution in [0.3, 0.4) is 0 Å². The van der Waals surface area contributed by atoms with Gasteiger partial charge >= 0.3 is 0 Å². The van der Waals surface area contributed by atoms with Gasteiger partial charge in [0.05, 0.1) is 19.0 Å². The number of nitrogens with one attached hydrogen (secondary N) is 1. The van der Waals surface area contributed by atoms with E-state index < -0.39 is 10.0 Å². The fourth-order valence-corrected chi connectivity index (χ4v) is 6.22. The van der Waals surface area contributed by atoms with Crippen molar-refractivity contribution in [2.75, 3.05) is 39.4 Å². The summed E-state index contributed by atoms with van der Waals surface area (Å²) in [5.74, 6) is -0.166. The molecule has 0 spiro atoms. The molecule has 0 aromatic heterocycles. The zero-order valence-corrected chi connectivity index (χ0v) is 21.7. The van der Waals surface area contributed by atoms with Crippen LogP contribution < -0.4 is 5.32 Å². The van der Waals surface area contributed by atoms with Crippen molar-refractivity contribution in [3.8, 4) is 0 Å². The number of nitrogens with zero attached hydrogens (tertiary/aromatic N) is 2. The van der Waals surface area contributed by atoms with Gasteiger partial charge in [0.15, 0.2) is 0 Å². The molecule has 1 N–H and O–H groups in total. The van der Waals surface area contributed by atoms with Crippen LogP contribution in [0, 0.1) is 5.92 Å². The number of hydrogen-bond donors (Lipinski definition) is 1. The molecule has 2 heterocycles. The van der Waals surface area contributed by atoms with E-state index in [1.54, 1.807) is 0 Å². The molecule has 2 aliphatic rings. The third-order valence-electron chi connectivity index (χ3n) is 6.48. The lowest BCUT2D eigenvalue weighted by Crippen LogP contribution is -2.43. The standard InChI is InChI=1S/C25H32BrN3O4S/c26-24-7-5-22(6-8-24)19-34(31,32)29-11-9-23(10-12-29)25(30)27-17-20-1-3-21(4-2-20)18-28-13-15-33-16-14-28/h1-8,23H,9-19H2,(H,27,30). The Balaban J connectivity index is 1.21. The van der Waals surface area contributed by atoms with E-state index in [9.17, 15) is 13.2 Å². The topological polar surface area (TPSA) is 79.0 Å². The maximum absolute atomic E-state index is 12.8. The molecule has 0 saturated carbocycles. The smallest absolute Gasteiger partial charge is 0.223 e. The Morgan fingerprint density at radius 3 is 2.15 bits per heavy atom. The van der Waals surface area contributed by atoms with Crippen LogP contribution in [0.4, 0.5) is 0 Å². The summed E-state index contributed by atoms with van der Waals surface area (Å²) in [7, 11) is -3.39. The van der Waals surface area contributed by atoms with Crippen LogP contribution in [-0.2, 0) is 38.4 Å². The van der Waals surface area contributed by atoms with Crippen LogP contribution in [0.5, 0.6) is 0 Å².